The Balaban J connectivity index is 2.08. The number of anilines is 1. The summed E-state index contributed by atoms with van der Waals surface area (Å²) in [5.41, 5.74) is 1.45. The van der Waals surface area contributed by atoms with E-state index in [-0.39, 0.29) is 10.7 Å². The Morgan fingerprint density at radius 2 is 2.16 bits per heavy atom. The molecule has 98 valence electrons. The van der Waals surface area contributed by atoms with E-state index in [0.717, 1.165) is 10.3 Å². The Kier molecular flexibility index (Phi) is 4.34. The van der Waals surface area contributed by atoms with Crippen LogP contribution >= 0.6 is 27.5 Å². The lowest BCUT2D eigenvalue weighted by Crippen LogP contribution is -2.02. The maximum atomic E-state index is 10.6. The van der Waals surface area contributed by atoms with Crippen molar-refractivity contribution in [2.24, 2.45) is 0 Å². The third kappa shape index (κ3) is 3.65. The summed E-state index contributed by atoms with van der Waals surface area (Å²) in [6, 6.07) is 10.1. The summed E-state index contributed by atoms with van der Waals surface area (Å²) in [5, 5.41) is 13.8. The zero-order valence-corrected chi connectivity index (χ0v) is 12.0. The number of benzene rings is 1. The van der Waals surface area contributed by atoms with E-state index in [1.807, 2.05) is 18.2 Å². The number of hydrogen-bond donors (Lipinski definition) is 1. The summed E-state index contributed by atoms with van der Waals surface area (Å²) in [4.78, 5) is 14.4. The number of rotatable bonds is 4. The van der Waals surface area contributed by atoms with Crippen LogP contribution in [0.25, 0.3) is 0 Å². The second-order valence-electron chi connectivity index (χ2n) is 3.73. The van der Waals surface area contributed by atoms with Gasteiger partial charge in [-0.3, -0.25) is 10.1 Å². The highest BCUT2D eigenvalue weighted by Gasteiger charge is 2.11. The highest BCUT2D eigenvalue weighted by molar-refractivity contribution is 9.10. The number of hydrogen-bond acceptors (Lipinski definition) is 4. The van der Waals surface area contributed by atoms with Crippen LogP contribution in [-0.4, -0.2) is 9.91 Å². The normalized spacial score (nSPS) is 10.2. The highest BCUT2D eigenvalue weighted by Crippen LogP contribution is 2.27. The van der Waals surface area contributed by atoms with E-state index in [9.17, 15) is 10.1 Å². The van der Waals surface area contributed by atoms with Gasteiger partial charge in [0.05, 0.1) is 17.2 Å². The van der Waals surface area contributed by atoms with Crippen molar-refractivity contribution in [3.05, 3.63) is 61.8 Å². The van der Waals surface area contributed by atoms with Gasteiger partial charge in [-0.2, -0.15) is 0 Å². The van der Waals surface area contributed by atoms with Crippen LogP contribution in [0.5, 0.6) is 0 Å². The van der Waals surface area contributed by atoms with E-state index in [4.69, 9.17) is 11.6 Å². The minimum absolute atomic E-state index is 0.104. The molecule has 0 saturated heterocycles. The van der Waals surface area contributed by atoms with Crippen LogP contribution in [0.3, 0.4) is 0 Å². The van der Waals surface area contributed by atoms with E-state index < -0.39 is 4.92 Å². The SMILES string of the molecule is O=[N+]([O-])c1ccc(NCc2cccc(Br)n2)cc1Cl. The first kappa shape index (κ1) is 13.8. The van der Waals surface area contributed by atoms with Crippen LogP contribution in [0.4, 0.5) is 11.4 Å². The minimum atomic E-state index is -0.512. The van der Waals surface area contributed by atoms with Crippen molar-refractivity contribution >= 4 is 38.9 Å². The summed E-state index contributed by atoms with van der Waals surface area (Å²) < 4.78 is 0.758. The van der Waals surface area contributed by atoms with Crippen molar-refractivity contribution in [1.29, 1.82) is 0 Å². The summed E-state index contributed by atoms with van der Waals surface area (Å²) >= 11 is 9.12. The molecule has 2 rings (SSSR count). The van der Waals surface area contributed by atoms with Gasteiger partial charge in [-0.15, -0.1) is 0 Å². The van der Waals surface area contributed by atoms with Crippen LogP contribution in [0.1, 0.15) is 5.69 Å². The Bertz CT molecular complexity index is 622. The largest absolute Gasteiger partial charge is 0.379 e. The predicted octanol–water partition coefficient (Wildman–Crippen LogP) is 4.02. The number of nitro groups is 1. The van der Waals surface area contributed by atoms with E-state index in [1.54, 1.807) is 6.07 Å². The first-order valence-electron chi connectivity index (χ1n) is 5.35. The molecule has 2 aromatic rings. The first-order chi connectivity index (χ1) is 9.06. The van der Waals surface area contributed by atoms with Crippen LogP contribution in [0.15, 0.2) is 41.0 Å². The molecule has 0 radical (unpaired) electrons. The molecule has 0 aliphatic rings. The Hall–Kier alpha value is -1.66. The fourth-order valence-corrected chi connectivity index (χ4v) is 2.14. The molecule has 19 heavy (non-hydrogen) atoms. The molecule has 1 heterocycles. The van der Waals surface area contributed by atoms with Crippen LogP contribution < -0.4 is 5.32 Å². The highest BCUT2D eigenvalue weighted by atomic mass is 79.9. The molecule has 5 nitrogen and oxygen atoms in total. The van der Waals surface area contributed by atoms with Gasteiger partial charge in [-0.05, 0) is 40.2 Å². The van der Waals surface area contributed by atoms with E-state index in [2.05, 4.69) is 26.2 Å². The minimum Gasteiger partial charge on any atom is -0.379 e. The van der Waals surface area contributed by atoms with Crippen LogP contribution in [0, 0.1) is 10.1 Å². The van der Waals surface area contributed by atoms with Gasteiger partial charge in [-0.1, -0.05) is 17.7 Å². The summed E-state index contributed by atoms with van der Waals surface area (Å²) in [5.74, 6) is 0. The van der Waals surface area contributed by atoms with Gasteiger partial charge in [0, 0.05) is 11.8 Å². The third-order valence-electron chi connectivity index (χ3n) is 2.39. The van der Waals surface area contributed by atoms with Gasteiger partial charge in [0.25, 0.3) is 5.69 Å². The zero-order chi connectivity index (χ0) is 13.8. The molecule has 0 unspecified atom stereocenters. The monoisotopic (exact) mass is 341 g/mol. The molecule has 7 heteroatoms. The lowest BCUT2D eigenvalue weighted by Gasteiger charge is -2.06. The maximum Gasteiger partial charge on any atom is 0.288 e. The molecule has 0 saturated carbocycles. The molecule has 0 spiro atoms. The lowest BCUT2D eigenvalue weighted by atomic mass is 10.2. The summed E-state index contributed by atoms with van der Waals surface area (Å²) in [6.07, 6.45) is 0. The Morgan fingerprint density at radius 3 is 2.79 bits per heavy atom. The lowest BCUT2D eigenvalue weighted by molar-refractivity contribution is -0.384. The molecular formula is C12H9BrClN3O2. The molecule has 1 aromatic carbocycles. The van der Waals surface area contributed by atoms with Crippen molar-refractivity contribution in [1.82, 2.24) is 4.98 Å². The first-order valence-corrected chi connectivity index (χ1v) is 6.52. The van der Waals surface area contributed by atoms with Crippen molar-refractivity contribution in [3.63, 3.8) is 0 Å². The van der Waals surface area contributed by atoms with Gasteiger partial charge in [0.15, 0.2) is 0 Å². The quantitative estimate of drug-likeness (QED) is 0.518. The Labute approximate surface area is 122 Å². The van der Waals surface area contributed by atoms with E-state index in [0.29, 0.717) is 12.2 Å². The number of halogens is 2. The van der Waals surface area contributed by atoms with Crippen LogP contribution in [-0.2, 0) is 6.54 Å². The molecular weight excluding hydrogens is 334 g/mol. The fourth-order valence-electron chi connectivity index (χ4n) is 1.51. The number of nitrogens with zero attached hydrogens (tertiary/aromatic N) is 2. The van der Waals surface area contributed by atoms with Gasteiger partial charge in [0.2, 0.25) is 0 Å². The van der Waals surface area contributed by atoms with E-state index >= 15 is 0 Å². The molecule has 0 bridgehead atoms. The van der Waals surface area contributed by atoms with Crippen molar-refractivity contribution < 1.29 is 4.92 Å². The molecule has 0 aliphatic carbocycles. The average Bonchev–Trinajstić information content (AvgIpc) is 2.36. The van der Waals surface area contributed by atoms with Crippen LogP contribution in [0.2, 0.25) is 5.02 Å². The molecule has 1 aromatic heterocycles. The van der Waals surface area contributed by atoms with Gasteiger partial charge >= 0.3 is 0 Å². The van der Waals surface area contributed by atoms with Crippen molar-refractivity contribution in [3.8, 4) is 0 Å². The van der Waals surface area contributed by atoms with E-state index in [1.165, 1.54) is 12.1 Å². The number of aromatic nitrogens is 1. The smallest absolute Gasteiger partial charge is 0.288 e. The molecule has 0 aliphatic heterocycles. The predicted molar refractivity (Wildman–Crippen MR) is 77.4 cm³/mol. The summed E-state index contributed by atoms with van der Waals surface area (Å²) in [7, 11) is 0. The Morgan fingerprint density at radius 1 is 1.37 bits per heavy atom. The number of nitrogens with one attached hydrogen (secondary N) is 1. The average molecular weight is 343 g/mol. The van der Waals surface area contributed by atoms with Gasteiger partial charge < -0.3 is 5.32 Å². The maximum absolute atomic E-state index is 10.6. The van der Waals surface area contributed by atoms with Gasteiger partial charge in [-0.25, -0.2) is 4.98 Å². The third-order valence-corrected chi connectivity index (χ3v) is 3.14. The topological polar surface area (TPSA) is 68.1 Å². The molecule has 0 atom stereocenters. The molecule has 0 fully saturated rings. The second-order valence-corrected chi connectivity index (χ2v) is 4.95. The zero-order valence-electron chi connectivity index (χ0n) is 9.64. The standard InChI is InChI=1S/C12H9BrClN3O2/c13-12-3-1-2-9(16-12)7-15-8-4-5-11(17(18)19)10(14)6-8/h1-6,15H,7H2. The fraction of sp³-hybridized carbons (Fsp3) is 0.0833. The van der Waals surface area contributed by atoms with Gasteiger partial charge in [0.1, 0.15) is 9.63 Å². The molecule has 1 N–H and O–H groups in total. The number of pyridine rings is 1. The number of nitro benzene ring substituents is 1. The summed E-state index contributed by atoms with van der Waals surface area (Å²) in [6.45, 7) is 0.508. The second kappa shape index (κ2) is 5.99. The van der Waals surface area contributed by atoms with Crippen molar-refractivity contribution in [2.45, 2.75) is 6.54 Å². The molecule has 0 amide bonds. The van der Waals surface area contributed by atoms with Crippen molar-refractivity contribution in [2.75, 3.05) is 5.32 Å².